The molecule has 4 rings (SSSR count). The van der Waals surface area contributed by atoms with Gasteiger partial charge in [0.05, 0.1) is 4.75 Å². The van der Waals surface area contributed by atoms with Gasteiger partial charge in [0, 0.05) is 6.54 Å². The Kier molecular flexibility index (Phi) is 4.35. The fourth-order valence-electron chi connectivity index (χ4n) is 2.98. The van der Waals surface area contributed by atoms with Crippen LogP contribution in [0.25, 0.3) is 11.1 Å². The molecule has 0 saturated carbocycles. The average Bonchev–Trinajstić information content (AvgIpc) is 3.17. The summed E-state index contributed by atoms with van der Waals surface area (Å²) < 4.78 is 20.5. The fraction of sp³-hybridized carbons (Fsp3) is 0.211. The Labute approximate surface area is 159 Å². The molecule has 1 aliphatic heterocycles. The summed E-state index contributed by atoms with van der Waals surface area (Å²) in [4.78, 5) is 14.4. The number of fused-ring (bicyclic) bond motifs is 1. The Morgan fingerprint density at radius 3 is 2.44 bits per heavy atom. The first kappa shape index (κ1) is 17.5. The summed E-state index contributed by atoms with van der Waals surface area (Å²) in [6.07, 6.45) is 1.46. The minimum absolute atomic E-state index is 0.128. The fourth-order valence-corrected chi connectivity index (χ4v) is 4.11. The molecule has 1 aromatic heterocycles. The highest BCUT2D eigenvalue weighted by molar-refractivity contribution is 8.00. The molecule has 1 aliphatic rings. The predicted octanol–water partition coefficient (Wildman–Crippen LogP) is 4.54. The zero-order valence-electron chi connectivity index (χ0n) is 14.5. The van der Waals surface area contributed by atoms with Gasteiger partial charge in [-0.2, -0.15) is 0 Å². The highest BCUT2D eigenvalue weighted by Crippen LogP contribution is 2.41. The predicted molar refractivity (Wildman–Crippen MR) is 100 cm³/mol. The number of imidazole rings is 1. The molecule has 6 nitrogen and oxygen atoms in total. The molecule has 0 fully saturated rings. The Balaban J connectivity index is 1.39. The molecular formula is C19H16FN3O3S. The first-order valence-corrected chi connectivity index (χ1v) is 9.13. The second kappa shape index (κ2) is 6.70. The normalized spacial score (nSPS) is 18.3. The van der Waals surface area contributed by atoms with E-state index in [1.165, 1.54) is 30.1 Å². The number of hydrogen-bond acceptors (Lipinski definition) is 5. The molecule has 1 atom stereocenters. The summed E-state index contributed by atoms with van der Waals surface area (Å²) in [6.45, 7) is 3.09. The van der Waals surface area contributed by atoms with Gasteiger partial charge in [0.2, 0.25) is 0 Å². The number of nitrogens with zero attached hydrogens (tertiary/aromatic N) is 3. The van der Waals surface area contributed by atoms with Gasteiger partial charge in [-0.25, -0.2) is 4.39 Å². The molecule has 27 heavy (non-hydrogen) atoms. The molecule has 0 aliphatic carbocycles. The van der Waals surface area contributed by atoms with E-state index in [0.29, 0.717) is 18.3 Å². The van der Waals surface area contributed by atoms with Crippen LogP contribution in [0.1, 0.15) is 6.92 Å². The summed E-state index contributed by atoms with van der Waals surface area (Å²) in [5.74, 6) is 0.348. The molecule has 0 N–H and O–H groups in total. The van der Waals surface area contributed by atoms with Crippen LogP contribution >= 0.6 is 11.8 Å². The largest absolute Gasteiger partial charge is 0.492 e. The van der Waals surface area contributed by atoms with E-state index in [1.807, 2.05) is 31.2 Å². The average molecular weight is 385 g/mol. The first-order chi connectivity index (χ1) is 12.9. The van der Waals surface area contributed by atoms with Crippen LogP contribution in [0.3, 0.4) is 0 Å². The number of ether oxygens (including phenoxy) is 1. The van der Waals surface area contributed by atoms with Crippen molar-refractivity contribution in [3.8, 4) is 16.9 Å². The molecule has 3 aromatic rings. The maximum Gasteiger partial charge on any atom is 0.382 e. The number of hydrogen-bond donors (Lipinski definition) is 0. The molecule has 0 amide bonds. The van der Waals surface area contributed by atoms with Crippen molar-refractivity contribution in [2.75, 3.05) is 6.61 Å². The summed E-state index contributed by atoms with van der Waals surface area (Å²) in [6, 6.07) is 14.0. The van der Waals surface area contributed by atoms with Crippen LogP contribution in [0.5, 0.6) is 5.75 Å². The number of halogens is 1. The maximum atomic E-state index is 13.0. The summed E-state index contributed by atoms with van der Waals surface area (Å²) >= 11 is 1.48. The van der Waals surface area contributed by atoms with Gasteiger partial charge >= 0.3 is 5.82 Å². The van der Waals surface area contributed by atoms with Crippen LogP contribution in [0.4, 0.5) is 10.2 Å². The first-order valence-electron chi connectivity index (χ1n) is 8.31. The molecule has 2 aromatic carbocycles. The van der Waals surface area contributed by atoms with Crippen LogP contribution in [0.15, 0.2) is 59.9 Å². The SMILES string of the molecule is CC1(COc2ccc(-c3ccc(F)cc3)cc2)Cn2cc([N+](=O)[O-])nc2S1. The molecule has 0 saturated heterocycles. The number of thioether (sulfide) groups is 1. The third-order valence-electron chi connectivity index (χ3n) is 4.33. The van der Waals surface area contributed by atoms with E-state index in [2.05, 4.69) is 4.98 Å². The zero-order chi connectivity index (χ0) is 19.0. The molecule has 0 bridgehead atoms. The third-order valence-corrected chi connectivity index (χ3v) is 5.58. The lowest BCUT2D eigenvalue weighted by Gasteiger charge is -2.21. The second-order valence-electron chi connectivity index (χ2n) is 6.64. The van der Waals surface area contributed by atoms with Crippen molar-refractivity contribution in [2.45, 2.75) is 23.4 Å². The van der Waals surface area contributed by atoms with Crippen molar-refractivity contribution in [2.24, 2.45) is 0 Å². The molecule has 8 heteroatoms. The van der Waals surface area contributed by atoms with E-state index in [4.69, 9.17) is 4.74 Å². The van der Waals surface area contributed by atoms with Gasteiger partial charge in [-0.3, -0.25) is 4.57 Å². The molecule has 0 spiro atoms. The van der Waals surface area contributed by atoms with Gasteiger partial charge < -0.3 is 14.9 Å². The molecular weight excluding hydrogens is 369 g/mol. The van der Waals surface area contributed by atoms with Gasteiger partial charge in [0.15, 0.2) is 0 Å². The Hall–Kier alpha value is -2.87. The minimum atomic E-state index is -0.484. The van der Waals surface area contributed by atoms with E-state index in [0.717, 1.165) is 16.9 Å². The third kappa shape index (κ3) is 3.66. The van der Waals surface area contributed by atoms with Crippen molar-refractivity contribution in [1.29, 1.82) is 0 Å². The summed E-state index contributed by atoms with van der Waals surface area (Å²) in [7, 11) is 0. The second-order valence-corrected chi connectivity index (χ2v) is 8.19. The maximum absolute atomic E-state index is 13.0. The van der Waals surface area contributed by atoms with Crippen molar-refractivity contribution in [3.63, 3.8) is 0 Å². The molecule has 0 radical (unpaired) electrons. The number of aromatic nitrogens is 2. The van der Waals surface area contributed by atoms with Crippen LogP contribution in [0, 0.1) is 15.9 Å². The van der Waals surface area contributed by atoms with Gasteiger partial charge in [0.25, 0.3) is 5.16 Å². The smallest absolute Gasteiger partial charge is 0.382 e. The van der Waals surface area contributed by atoms with Crippen molar-refractivity contribution < 1.29 is 14.1 Å². The lowest BCUT2D eigenvalue weighted by Crippen LogP contribution is -2.29. The summed E-state index contributed by atoms with van der Waals surface area (Å²) in [5, 5.41) is 11.4. The van der Waals surface area contributed by atoms with E-state index in [1.54, 1.807) is 16.7 Å². The van der Waals surface area contributed by atoms with E-state index in [9.17, 15) is 14.5 Å². The zero-order valence-corrected chi connectivity index (χ0v) is 15.3. The van der Waals surface area contributed by atoms with E-state index >= 15 is 0 Å². The lowest BCUT2D eigenvalue weighted by molar-refractivity contribution is -0.389. The van der Waals surface area contributed by atoms with Crippen molar-refractivity contribution in [1.82, 2.24) is 9.55 Å². The topological polar surface area (TPSA) is 70.2 Å². The number of rotatable bonds is 5. The van der Waals surface area contributed by atoms with Crippen LogP contribution < -0.4 is 4.74 Å². The van der Waals surface area contributed by atoms with Crippen LogP contribution in [0.2, 0.25) is 0 Å². The Bertz CT molecular complexity index is 963. The van der Waals surface area contributed by atoms with Crippen molar-refractivity contribution in [3.05, 3.63) is 70.7 Å². The molecule has 1 unspecified atom stereocenters. The number of nitro groups is 1. The summed E-state index contributed by atoms with van der Waals surface area (Å²) in [5.41, 5.74) is 1.92. The highest BCUT2D eigenvalue weighted by atomic mass is 32.2. The van der Waals surface area contributed by atoms with Gasteiger partial charge in [-0.1, -0.05) is 24.3 Å². The molecule has 2 heterocycles. The van der Waals surface area contributed by atoms with Crippen molar-refractivity contribution >= 4 is 17.6 Å². The quantitative estimate of drug-likeness (QED) is 0.476. The molecule has 138 valence electrons. The standard InChI is InChI=1S/C19H16FN3O3S/c1-19(11-22-10-17(23(24)25)21-18(22)27-19)12-26-16-8-4-14(5-9-16)13-2-6-15(20)7-3-13/h2-10H,11-12H2,1H3. The van der Waals surface area contributed by atoms with Gasteiger partial charge in [0.1, 0.15) is 24.4 Å². The Morgan fingerprint density at radius 2 is 1.85 bits per heavy atom. The Morgan fingerprint density at radius 1 is 1.22 bits per heavy atom. The minimum Gasteiger partial charge on any atom is -0.492 e. The van der Waals surface area contributed by atoms with Gasteiger partial charge in [-0.15, -0.1) is 0 Å². The van der Waals surface area contributed by atoms with Crippen LogP contribution in [-0.2, 0) is 6.54 Å². The number of benzene rings is 2. The monoisotopic (exact) mass is 385 g/mol. The highest BCUT2D eigenvalue weighted by Gasteiger charge is 2.40. The van der Waals surface area contributed by atoms with Crippen LogP contribution in [-0.4, -0.2) is 25.8 Å². The van der Waals surface area contributed by atoms with E-state index < -0.39 is 4.92 Å². The van der Waals surface area contributed by atoms with E-state index in [-0.39, 0.29) is 16.4 Å². The van der Waals surface area contributed by atoms with Gasteiger partial charge in [-0.05, 0) is 64.0 Å². The lowest BCUT2D eigenvalue weighted by atomic mass is 10.1.